The average molecular weight is 1020 g/mol. The maximum atomic E-state index is 10.3. The van der Waals surface area contributed by atoms with Gasteiger partial charge in [0, 0.05) is 31.3 Å². The minimum absolute atomic E-state index is 0.0763. The predicted molar refractivity (Wildman–Crippen MR) is 318 cm³/mol. The van der Waals surface area contributed by atoms with Crippen LogP contribution < -0.4 is 9.30 Å². The Balaban J connectivity index is 1.14. The Morgan fingerprint density at radius 2 is 1.14 bits per heavy atom. The summed E-state index contributed by atoms with van der Waals surface area (Å²) >= 11 is 0. The number of aryl methyl sites for hydroxylation is 2. The van der Waals surface area contributed by atoms with E-state index >= 15 is 0 Å². The molecule has 77 heavy (non-hydrogen) atoms. The van der Waals surface area contributed by atoms with Crippen LogP contribution >= 0.6 is 0 Å². The van der Waals surface area contributed by atoms with Gasteiger partial charge in [-0.1, -0.05) is 184 Å². The second-order valence-electron chi connectivity index (χ2n) is 19.2. The molecule has 0 saturated carbocycles. The van der Waals surface area contributed by atoms with Crippen LogP contribution in [0.15, 0.2) is 248 Å². The molecule has 370 valence electrons. The van der Waals surface area contributed by atoms with Gasteiger partial charge in [0.25, 0.3) is 6.33 Å². The summed E-state index contributed by atoms with van der Waals surface area (Å²) < 4.78 is 228. The van der Waals surface area contributed by atoms with Gasteiger partial charge in [0.2, 0.25) is 0 Å². The van der Waals surface area contributed by atoms with Crippen molar-refractivity contribution >= 4 is 32.8 Å². The van der Waals surface area contributed by atoms with Crippen LogP contribution in [0, 0.1) is 20.0 Å². The van der Waals surface area contributed by atoms with Crippen molar-refractivity contribution in [1.82, 2.24) is 14.1 Å². The first-order chi connectivity index (χ1) is 47.5. The molecule has 0 spiro atoms. The zero-order valence-electron chi connectivity index (χ0n) is 65.5. The molecular formula is C72H56N4O. The second kappa shape index (κ2) is 19.3. The van der Waals surface area contributed by atoms with Gasteiger partial charge in [-0.3, -0.25) is 13.7 Å². The maximum Gasteiger partial charge on any atom is 0.269 e. The summed E-state index contributed by atoms with van der Waals surface area (Å²) in [6.07, 6.45) is 5.13. The Morgan fingerprint density at radius 3 is 1.84 bits per heavy atom. The number of rotatable bonds is 10. The fraction of sp³-hybridized carbons (Fsp3) is 0.0833. The smallest absolute Gasteiger partial charge is 0.269 e. The van der Waals surface area contributed by atoms with Crippen LogP contribution in [0.3, 0.4) is 0 Å². The Bertz CT molecular complexity index is 5490. The third-order valence-corrected chi connectivity index (χ3v) is 13.4. The van der Waals surface area contributed by atoms with E-state index < -0.39 is 156 Å². The summed E-state index contributed by atoms with van der Waals surface area (Å²) in [5.74, 6) is 1.31. The highest BCUT2D eigenvalue weighted by Gasteiger charge is 2.23. The molecule has 0 N–H and O–H groups in total. The average Bonchev–Trinajstić information content (AvgIpc) is 1.62. The third-order valence-electron chi connectivity index (χ3n) is 13.4. The standard InChI is InChI=1S/C72H56N4O/c1-48-20-17-21-49(2)70(48)53-34-37-66-68(43-53)74(58-28-18-29-59(45-58)77-60-35-36-64-63-30-15-16-33-65(63)76(67(64)46-60)69-44-57(38-39-73-69)72(3,4)5)47-75(66)71-61(52-26-13-8-14-27-52)31-19-32-62(71)56-41-54(50-22-9-6-10-23-50)40-55(42-56)51-24-11-7-12-25-51/h6-46H,1-5H3/i1D3,2D3,6D,7D,8D,9D,10D,11D,12D,13D,14D,22D,23D,24D,25D,26D,27D,40D,41D,42D. The van der Waals surface area contributed by atoms with Crippen LogP contribution in [0.1, 0.15) is 70.4 Å². The van der Waals surface area contributed by atoms with Crippen molar-refractivity contribution in [3.05, 3.63) is 271 Å². The lowest BCUT2D eigenvalue weighted by atomic mass is 9.88. The Kier molecular flexibility index (Phi) is 6.96. The lowest BCUT2D eigenvalue weighted by Crippen LogP contribution is -2.31. The maximum absolute atomic E-state index is 10.3. The van der Waals surface area contributed by atoms with E-state index in [1.54, 1.807) is 30.5 Å². The zero-order chi connectivity index (χ0) is 72.9. The molecule has 0 bridgehead atoms. The Hall–Kier alpha value is -9.58. The first-order valence-corrected chi connectivity index (χ1v) is 24.5. The SMILES string of the molecule is [2H]c1c([2H])c([2H])c(-c2cccc(-c3c([2H])c(-c4c([2H])c([2H])c([2H])c([2H])c4[2H])c([2H])c(-c4c([2H])c([2H])c([2H])c([2H])c4[2H])c3[2H])c2-[n+]2[c-]n(-c3cccc(Oc4ccc5c6ccccc6n(-c6cc(C(C)(C)C)ccn6)c5c4)c3)c3cc(-c4c(C([2H])([2H])[2H])cccc4C([2H])([2H])[2H])ccc32)c([2H])c1[2H]. The van der Waals surface area contributed by atoms with Gasteiger partial charge >= 0.3 is 0 Å². The molecule has 0 radical (unpaired) electrons. The highest BCUT2D eigenvalue weighted by atomic mass is 16.5. The van der Waals surface area contributed by atoms with Gasteiger partial charge in [0.05, 0.1) is 58.1 Å². The summed E-state index contributed by atoms with van der Waals surface area (Å²) in [4.78, 5) is 4.83. The fourth-order valence-electron chi connectivity index (χ4n) is 9.75. The van der Waals surface area contributed by atoms with Crippen molar-refractivity contribution in [2.24, 2.45) is 0 Å². The third kappa shape index (κ3) is 8.76. The quantitative estimate of drug-likeness (QED) is 0.101. The van der Waals surface area contributed by atoms with Gasteiger partial charge < -0.3 is 4.74 Å². The summed E-state index contributed by atoms with van der Waals surface area (Å²) in [5.41, 5.74) is -2.54. The molecule has 0 aliphatic heterocycles. The van der Waals surface area contributed by atoms with Gasteiger partial charge in [-0.25, -0.2) is 4.98 Å². The lowest BCUT2D eigenvalue weighted by molar-refractivity contribution is -0.571. The molecular weight excluding hydrogens is 937 g/mol. The lowest BCUT2D eigenvalue weighted by Gasteiger charge is -2.20. The topological polar surface area (TPSA) is 35.9 Å². The van der Waals surface area contributed by atoms with Crippen molar-refractivity contribution < 1.29 is 42.2 Å². The molecule has 0 aliphatic carbocycles. The van der Waals surface area contributed by atoms with Gasteiger partial charge in [-0.15, -0.1) is 0 Å². The number of hydrogen-bond acceptors (Lipinski definition) is 2. The first-order valence-electron chi connectivity index (χ1n) is 36.5. The Labute approximate surface area is 484 Å². The number of para-hydroxylation sites is 2. The molecule has 0 atom stereocenters. The van der Waals surface area contributed by atoms with Crippen molar-refractivity contribution in [2.45, 2.75) is 39.9 Å². The van der Waals surface area contributed by atoms with Crippen LogP contribution in [0.4, 0.5) is 0 Å². The molecule has 3 heterocycles. The van der Waals surface area contributed by atoms with Crippen LogP contribution in [0.2, 0.25) is 0 Å². The van der Waals surface area contributed by atoms with E-state index in [1.807, 2.05) is 54.6 Å². The monoisotopic (exact) mass is 1020 g/mol. The van der Waals surface area contributed by atoms with Gasteiger partial charge in [-0.2, -0.15) is 0 Å². The van der Waals surface area contributed by atoms with E-state index in [0.29, 0.717) is 11.6 Å². The first kappa shape index (κ1) is 27.8. The molecule has 0 unspecified atom stereocenters. The van der Waals surface area contributed by atoms with Crippen molar-refractivity contribution in [3.63, 3.8) is 0 Å². The van der Waals surface area contributed by atoms with Gasteiger partial charge in [0.15, 0.2) is 0 Å². The van der Waals surface area contributed by atoms with Crippen LogP contribution in [-0.4, -0.2) is 14.1 Å². The van der Waals surface area contributed by atoms with Crippen molar-refractivity contribution in [1.29, 1.82) is 0 Å². The van der Waals surface area contributed by atoms with E-state index in [0.717, 1.165) is 27.4 Å². The summed E-state index contributed by atoms with van der Waals surface area (Å²) in [7, 11) is 0. The molecule has 0 saturated heterocycles. The molecule has 0 fully saturated rings. The highest BCUT2D eigenvalue weighted by molar-refractivity contribution is 6.09. The van der Waals surface area contributed by atoms with E-state index in [-0.39, 0.29) is 67.0 Å². The molecule has 13 rings (SSSR count). The number of aromatic nitrogens is 4. The van der Waals surface area contributed by atoms with E-state index in [2.05, 4.69) is 31.7 Å². The number of hydrogen-bond donors (Lipinski definition) is 0. The molecule has 0 aliphatic rings. The highest BCUT2D eigenvalue weighted by Crippen LogP contribution is 2.41. The molecule has 5 nitrogen and oxygen atoms in total. The number of nitrogens with zero attached hydrogens (tertiary/aromatic N) is 4. The second-order valence-corrected chi connectivity index (χ2v) is 19.2. The number of benzene rings is 10. The van der Waals surface area contributed by atoms with Crippen molar-refractivity contribution in [2.75, 3.05) is 0 Å². The fourth-order valence-corrected chi connectivity index (χ4v) is 9.75. The molecule has 3 aromatic heterocycles. The van der Waals surface area contributed by atoms with E-state index in [9.17, 15) is 12.3 Å². The number of pyridine rings is 1. The van der Waals surface area contributed by atoms with Crippen LogP contribution in [0.25, 0.3) is 106 Å². The zero-order valence-corrected chi connectivity index (χ0v) is 41.5. The summed E-state index contributed by atoms with van der Waals surface area (Å²) in [6, 6.07) is 21.2. The number of imidazole rings is 1. The number of fused-ring (bicyclic) bond motifs is 4. The predicted octanol–water partition coefficient (Wildman–Crippen LogP) is 18.2. The summed E-state index contributed by atoms with van der Waals surface area (Å²) in [6.45, 7) is 0.581. The van der Waals surface area contributed by atoms with Crippen LogP contribution in [-0.2, 0) is 5.41 Å². The number of ether oxygens (including phenoxy) is 1. The van der Waals surface area contributed by atoms with E-state index in [4.69, 9.17) is 30.3 Å². The molecule has 10 aromatic carbocycles. The summed E-state index contributed by atoms with van der Waals surface area (Å²) in [5, 5.41) is 1.87. The van der Waals surface area contributed by atoms with Gasteiger partial charge in [-0.05, 0) is 164 Å². The van der Waals surface area contributed by atoms with Crippen LogP contribution in [0.5, 0.6) is 11.5 Å². The molecule has 5 heteroatoms. The largest absolute Gasteiger partial charge is 0.458 e. The normalized spacial score (nSPS) is 16.5. The van der Waals surface area contributed by atoms with Gasteiger partial charge in [0.1, 0.15) is 17.3 Å². The Morgan fingerprint density at radius 1 is 0.519 bits per heavy atom. The van der Waals surface area contributed by atoms with E-state index in [1.165, 1.54) is 63.7 Å². The molecule has 13 aromatic rings. The minimum Gasteiger partial charge on any atom is -0.458 e. The minimum atomic E-state index is -2.88. The molecule has 0 amide bonds. The van der Waals surface area contributed by atoms with Crippen molar-refractivity contribution in [3.8, 4) is 84.3 Å².